The van der Waals surface area contributed by atoms with Gasteiger partial charge in [-0.1, -0.05) is 45.0 Å². The summed E-state index contributed by atoms with van der Waals surface area (Å²) in [5.41, 5.74) is 2.27. The van der Waals surface area contributed by atoms with Crippen LogP contribution in [0.25, 0.3) is 0 Å². The lowest BCUT2D eigenvalue weighted by Crippen LogP contribution is -2.41. The first-order valence-electron chi connectivity index (χ1n) is 9.32. The molecule has 3 N–H and O–H groups in total. The molecule has 2 atom stereocenters. The highest BCUT2D eigenvalue weighted by Crippen LogP contribution is 2.24. The van der Waals surface area contributed by atoms with Crippen LogP contribution in [0.5, 0.6) is 0 Å². The van der Waals surface area contributed by atoms with Crippen molar-refractivity contribution < 1.29 is 9.84 Å². The molecule has 1 heterocycles. The molecule has 1 saturated heterocycles. The summed E-state index contributed by atoms with van der Waals surface area (Å²) in [4.78, 5) is 4.51. The number of ether oxygens (including phenoxy) is 1. The molecule has 2 rings (SSSR count). The molecule has 0 radical (unpaired) electrons. The fraction of sp³-hybridized carbons (Fsp3) is 0.650. The van der Waals surface area contributed by atoms with Gasteiger partial charge in [0.15, 0.2) is 5.96 Å². The van der Waals surface area contributed by atoms with E-state index >= 15 is 0 Å². The average molecular weight is 475 g/mol. The highest BCUT2D eigenvalue weighted by molar-refractivity contribution is 14.0. The number of benzene rings is 1. The fourth-order valence-corrected chi connectivity index (χ4v) is 2.85. The summed E-state index contributed by atoms with van der Waals surface area (Å²) >= 11 is 0. The quantitative estimate of drug-likeness (QED) is 0.336. The van der Waals surface area contributed by atoms with Gasteiger partial charge < -0.3 is 20.5 Å². The summed E-state index contributed by atoms with van der Waals surface area (Å²) in [5.74, 6) is 0.725. The third-order valence-electron chi connectivity index (χ3n) is 4.45. The van der Waals surface area contributed by atoms with Crippen molar-refractivity contribution in [2.45, 2.75) is 58.2 Å². The Balaban J connectivity index is 0.00000338. The van der Waals surface area contributed by atoms with E-state index in [-0.39, 0.29) is 35.5 Å². The average Bonchev–Trinajstić information content (AvgIpc) is 3.10. The van der Waals surface area contributed by atoms with Crippen LogP contribution in [-0.4, -0.2) is 43.4 Å². The van der Waals surface area contributed by atoms with Crippen molar-refractivity contribution in [1.82, 2.24) is 10.6 Å². The number of hydrogen-bond donors (Lipinski definition) is 3. The zero-order valence-corrected chi connectivity index (χ0v) is 18.7. The van der Waals surface area contributed by atoms with E-state index in [1.165, 1.54) is 5.56 Å². The van der Waals surface area contributed by atoms with Crippen LogP contribution in [0.15, 0.2) is 29.3 Å². The molecule has 0 bridgehead atoms. The van der Waals surface area contributed by atoms with E-state index in [0.717, 1.165) is 44.1 Å². The minimum absolute atomic E-state index is 0. The molecule has 0 aliphatic carbocycles. The summed E-state index contributed by atoms with van der Waals surface area (Å²) in [5, 5.41) is 16.9. The Morgan fingerprint density at radius 2 is 1.96 bits per heavy atom. The van der Waals surface area contributed by atoms with Gasteiger partial charge in [0.05, 0.1) is 18.8 Å². The van der Waals surface area contributed by atoms with Crippen LogP contribution < -0.4 is 10.6 Å². The molecule has 1 aliphatic heterocycles. The number of hydrogen-bond acceptors (Lipinski definition) is 3. The minimum atomic E-state index is -0.604. The van der Waals surface area contributed by atoms with Crippen molar-refractivity contribution in [2.75, 3.05) is 26.2 Å². The number of nitrogens with zero attached hydrogens (tertiary/aromatic N) is 1. The van der Waals surface area contributed by atoms with Crippen LogP contribution in [0.3, 0.4) is 0 Å². The first-order valence-corrected chi connectivity index (χ1v) is 9.32. The maximum Gasteiger partial charge on any atom is 0.191 e. The first kappa shape index (κ1) is 23.2. The van der Waals surface area contributed by atoms with Crippen molar-refractivity contribution in [3.05, 3.63) is 35.4 Å². The number of aliphatic hydroxyl groups excluding tert-OH is 1. The van der Waals surface area contributed by atoms with Gasteiger partial charge in [-0.25, -0.2) is 0 Å². The van der Waals surface area contributed by atoms with Crippen LogP contribution in [-0.2, 0) is 10.2 Å². The second kappa shape index (κ2) is 11.1. The fourth-order valence-electron chi connectivity index (χ4n) is 2.85. The summed E-state index contributed by atoms with van der Waals surface area (Å²) in [6.07, 6.45) is 1.88. The van der Waals surface area contributed by atoms with Gasteiger partial charge in [0.2, 0.25) is 0 Å². The Bertz CT molecular complexity index is 549. The molecule has 0 spiro atoms. The second-order valence-corrected chi connectivity index (χ2v) is 7.62. The summed E-state index contributed by atoms with van der Waals surface area (Å²) in [6, 6.07) is 8.16. The topological polar surface area (TPSA) is 65.9 Å². The summed E-state index contributed by atoms with van der Waals surface area (Å²) in [6.45, 7) is 11.3. The molecular weight excluding hydrogens is 441 g/mol. The Kier molecular flexibility index (Phi) is 9.89. The largest absolute Gasteiger partial charge is 0.386 e. The molecule has 1 aromatic rings. The Morgan fingerprint density at radius 1 is 1.27 bits per heavy atom. The molecular formula is C20H34IN3O2. The standard InChI is InChI=1S/C20H33N3O2.HI/c1-5-21-19(22-13-17-7-6-12-25-17)23-14-18(24)15-8-10-16(11-9-15)20(2,3)4;/h8-11,17-18,24H,5-7,12-14H2,1-4H3,(H2,21,22,23);1H. The third kappa shape index (κ3) is 7.40. The van der Waals surface area contributed by atoms with Crippen molar-refractivity contribution in [3.8, 4) is 0 Å². The van der Waals surface area contributed by atoms with E-state index in [2.05, 4.69) is 48.5 Å². The monoisotopic (exact) mass is 475 g/mol. The number of guanidine groups is 1. The van der Waals surface area contributed by atoms with Gasteiger partial charge in [-0.15, -0.1) is 24.0 Å². The predicted octanol–water partition coefficient (Wildman–Crippen LogP) is 3.37. The van der Waals surface area contributed by atoms with Gasteiger partial charge in [0.1, 0.15) is 0 Å². The smallest absolute Gasteiger partial charge is 0.191 e. The predicted molar refractivity (Wildman–Crippen MR) is 118 cm³/mol. The summed E-state index contributed by atoms with van der Waals surface area (Å²) in [7, 11) is 0. The van der Waals surface area contributed by atoms with Crippen molar-refractivity contribution in [2.24, 2.45) is 4.99 Å². The second-order valence-electron chi connectivity index (χ2n) is 7.62. The molecule has 26 heavy (non-hydrogen) atoms. The summed E-state index contributed by atoms with van der Waals surface area (Å²) < 4.78 is 5.62. The highest BCUT2D eigenvalue weighted by atomic mass is 127. The zero-order chi connectivity index (χ0) is 18.3. The Labute approximate surface area is 175 Å². The first-order chi connectivity index (χ1) is 11.9. The highest BCUT2D eigenvalue weighted by Gasteiger charge is 2.16. The lowest BCUT2D eigenvalue weighted by atomic mass is 9.86. The Hall–Kier alpha value is -0.860. The van der Waals surface area contributed by atoms with Gasteiger partial charge >= 0.3 is 0 Å². The van der Waals surface area contributed by atoms with Crippen molar-refractivity contribution in [1.29, 1.82) is 0 Å². The number of rotatable bonds is 6. The molecule has 2 unspecified atom stereocenters. The third-order valence-corrected chi connectivity index (χ3v) is 4.45. The van der Waals surface area contributed by atoms with Crippen molar-refractivity contribution in [3.63, 3.8) is 0 Å². The van der Waals surface area contributed by atoms with Crippen LogP contribution in [0.4, 0.5) is 0 Å². The van der Waals surface area contributed by atoms with Gasteiger partial charge in [0.25, 0.3) is 0 Å². The van der Waals surface area contributed by atoms with Crippen LogP contribution >= 0.6 is 24.0 Å². The lowest BCUT2D eigenvalue weighted by molar-refractivity contribution is 0.113. The van der Waals surface area contributed by atoms with Crippen LogP contribution in [0.1, 0.15) is 57.8 Å². The van der Waals surface area contributed by atoms with Crippen LogP contribution in [0.2, 0.25) is 0 Å². The maximum atomic E-state index is 10.4. The van der Waals surface area contributed by atoms with Crippen LogP contribution in [0, 0.1) is 0 Å². The molecule has 6 heteroatoms. The molecule has 0 aromatic heterocycles. The molecule has 148 valence electrons. The molecule has 5 nitrogen and oxygen atoms in total. The maximum absolute atomic E-state index is 10.4. The van der Waals surface area contributed by atoms with Gasteiger partial charge in [-0.3, -0.25) is 4.99 Å². The molecule has 0 amide bonds. The Morgan fingerprint density at radius 3 is 2.50 bits per heavy atom. The minimum Gasteiger partial charge on any atom is -0.386 e. The van der Waals surface area contributed by atoms with E-state index in [0.29, 0.717) is 6.54 Å². The number of halogens is 1. The molecule has 0 saturated carbocycles. The van der Waals surface area contributed by atoms with E-state index in [1.807, 2.05) is 19.1 Å². The molecule has 1 aromatic carbocycles. The molecule has 1 fully saturated rings. The van der Waals surface area contributed by atoms with Gasteiger partial charge in [-0.2, -0.15) is 0 Å². The van der Waals surface area contributed by atoms with E-state index in [1.54, 1.807) is 0 Å². The van der Waals surface area contributed by atoms with E-state index < -0.39 is 6.10 Å². The molecule has 1 aliphatic rings. The van der Waals surface area contributed by atoms with E-state index in [9.17, 15) is 5.11 Å². The SMILES string of the molecule is CCNC(=NCC(O)c1ccc(C(C)(C)C)cc1)NCC1CCCO1.I. The zero-order valence-electron chi connectivity index (χ0n) is 16.4. The van der Waals surface area contributed by atoms with Gasteiger partial charge in [0, 0.05) is 19.7 Å². The number of aliphatic imine (C=N–C) groups is 1. The number of aliphatic hydroxyl groups is 1. The lowest BCUT2D eigenvalue weighted by Gasteiger charge is -2.20. The van der Waals surface area contributed by atoms with Gasteiger partial charge in [-0.05, 0) is 36.3 Å². The normalized spacial score (nSPS) is 19.0. The van der Waals surface area contributed by atoms with E-state index in [4.69, 9.17) is 4.74 Å². The van der Waals surface area contributed by atoms with Crippen molar-refractivity contribution >= 4 is 29.9 Å². The number of nitrogens with one attached hydrogen (secondary N) is 2.